The molecule has 5 rings (SSSR count). The van der Waals surface area contributed by atoms with E-state index in [2.05, 4.69) is 18.5 Å². The molecule has 2 N–H and O–H groups in total. The summed E-state index contributed by atoms with van der Waals surface area (Å²) in [6, 6.07) is 13.3. The molecule has 3 fully saturated rings. The van der Waals surface area contributed by atoms with Crippen molar-refractivity contribution in [1.82, 2.24) is 10.2 Å². The number of nitrogens with one attached hydrogen (secondary N) is 1. The highest BCUT2D eigenvalue weighted by Gasteiger charge is 2.75. The fourth-order valence-electron chi connectivity index (χ4n) is 7.79. The smallest absolute Gasteiger partial charge is 0.313 e. The van der Waals surface area contributed by atoms with E-state index >= 15 is 0 Å². The highest BCUT2D eigenvalue weighted by Crippen LogP contribution is 2.59. The zero-order valence-electron chi connectivity index (χ0n) is 27.4. The molecule has 2 bridgehead atoms. The van der Waals surface area contributed by atoms with Gasteiger partial charge in [-0.25, -0.2) is 0 Å². The fourth-order valence-corrected chi connectivity index (χ4v) is 7.79. The van der Waals surface area contributed by atoms with E-state index in [4.69, 9.17) is 9.47 Å². The normalized spacial score (nSPS) is 25.5. The Balaban J connectivity index is 1.47. The molecule has 0 radical (unpaired) electrons. The Labute approximate surface area is 276 Å². The second-order valence-electron chi connectivity index (χ2n) is 12.7. The molecule has 10 nitrogen and oxygen atoms in total. The van der Waals surface area contributed by atoms with Crippen LogP contribution in [-0.4, -0.2) is 77.2 Å². The molecule has 0 aliphatic carbocycles. The molecular weight excluding hydrogens is 598 g/mol. The third-order valence-electron chi connectivity index (χ3n) is 9.72. The van der Waals surface area contributed by atoms with Crippen molar-refractivity contribution < 1.29 is 33.8 Å². The Bertz CT molecular complexity index is 1510. The number of allylic oxidation sites excluding steroid dienone is 1. The number of carbonyl (C=O) groups excluding carboxylic acids is 4. The molecule has 3 aliphatic rings. The number of rotatable bonds is 14. The van der Waals surface area contributed by atoms with Gasteiger partial charge in [-0.3, -0.25) is 19.2 Å². The second-order valence-corrected chi connectivity index (χ2v) is 12.7. The first kappa shape index (κ1) is 34.1. The number of nitrogens with zero attached hydrogens (tertiary/aromatic N) is 2. The summed E-state index contributed by atoms with van der Waals surface area (Å²) in [4.78, 5) is 58.7. The maximum atomic E-state index is 14.7. The number of hydrogen-bond acceptors (Lipinski definition) is 7. The lowest BCUT2D eigenvalue weighted by molar-refractivity contribution is -0.162. The average molecular weight is 644 g/mol. The second kappa shape index (κ2) is 14.2. The third kappa shape index (κ3) is 6.24. The number of hydrogen-bond donors (Lipinski definition) is 2. The first-order chi connectivity index (χ1) is 22.6. The number of carbonyl (C=O) groups is 4. The van der Waals surface area contributed by atoms with Gasteiger partial charge in [0.05, 0.1) is 30.6 Å². The van der Waals surface area contributed by atoms with Gasteiger partial charge in [-0.05, 0) is 56.7 Å². The number of para-hydroxylation sites is 1. The number of aliphatic hydroxyl groups excluding tert-OH is 1. The number of esters is 1. The maximum Gasteiger partial charge on any atom is 0.313 e. The molecule has 0 aromatic heterocycles. The van der Waals surface area contributed by atoms with E-state index in [-0.39, 0.29) is 37.9 Å². The first-order valence-corrected chi connectivity index (χ1v) is 16.3. The molecule has 0 saturated carbocycles. The summed E-state index contributed by atoms with van der Waals surface area (Å²) in [7, 11) is 0. The number of β-amino-alcohol motifs (C(OH)–C–C–N with tert-alkyl or cyclic N) is 1. The van der Waals surface area contributed by atoms with Crippen molar-refractivity contribution in [2.75, 3.05) is 24.6 Å². The van der Waals surface area contributed by atoms with Gasteiger partial charge in [-0.2, -0.15) is 0 Å². The van der Waals surface area contributed by atoms with Crippen LogP contribution in [0.4, 0.5) is 5.69 Å². The van der Waals surface area contributed by atoms with Crippen molar-refractivity contribution in [3.63, 3.8) is 0 Å². The Hall–Kier alpha value is -4.28. The standard InChI is InChI=1S/C37H45N3O7/c1-6-8-17-28(42)38-25(5)32(26-15-10-9-11-16-26)46-36(45)29-27-18-19-37(47-27)30(29)34(43)40(21-22-41)33(37)35(44)39(20-7-2)31-23(3)13-12-14-24(31)4/h6-7,9-16,25,27,29-30,32-33,41H,1-2,8,17-22H2,3-5H3,(H,38,42)/t25-,27-,29+,30+,32-,33-,37+/m0/s1. The van der Waals surface area contributed by atoms with Crippen molar-refractivity contribution in [2.45, 2.75) is 76.3 Å². The van der Waals surface area contributed by atoms with Crippen LogP contribution >= 0.6 is 0 Å². The molecule has 3 amide bonds. The average Bonchev–Trinajstić information content (AvgIpc) is 3.69. The van der Waals surface area contributed by atoms with Crippen LogP contribution in [0, 0.1) is 25.7 Å². The zero-order chi connectivity index (χ0) is 33.9. The number of aliphatic hydroxyl groups is 1. The van der Waals surface area contributed by atoms with E-state index in [0.717, 1.165) is 16.8 Å². The Kier molecular flexibility index (Phi) is 10.3. The van der Waals surface area contributed by atoms with Crippen LogP contribution in [-0.2, 0) is 28.7 Å². The lowest BCUT2D eigenvalue weighted by atomic mass is 9.70. The molecule has 47 heavy (non-hydrogen) atoms. The van der Waals surface area contributed by atoms with Gasteiger partial charge < -0.3 is 29.7 Å². The number of ether oxygens (including phenoxy) is 2. The van der Waals surface area contributed by atoms with Crippen LogP contribution in [0.1, 0.15) is 55.4 Å². The molecule has 3 heterocycles. The molecule has 10 heteroatoms. The van der Waals surface area contributed by atoms with E-state index < -0.39 is 53.6 Å². The van der Waals surface area contributed by atoms with Crippen molar-refractivity contribution in [3.8, 4) is 0 Å². The summed E-state index contributed by atoms with van der Waals surface area (Å²) in [5.41, 5.74) is 1.94. The van der Waals surface area contributed by atoms with Crippen molar-refractivity contribution in [3.05, 3.63) is 90.5 Å². The molecule has 0 unspecified atom stereocenters. The summed E-state index contributed by atoms with van der Waals surface area (Å²) < 4.78 is 12.8. The molecule has 7 atom stereocenters. The van der Waals surface area contributed by atoms with Gasteiger partial charge in [0.1, 0.15) is 17.7 Å². The van der Waals surface area contributed by atoms with Gasteiger partial charge in [-0.1, -0.05) is 60.7 Å². The Morgan fingerprint density at radius 2 is 1.83 bits per heavy atom. The largest absolute Gasteiger partial charge is 0.455 e. The lowest BCUT2D eigenvalue weighted by Gasteiger charge is -2.37. The van der Waals surface area contributed by atoms with Gasteiger partial charge in [0.25, 0.3) is 5.91 Å². The first-order valence-electron chi connectivity index (χ1n) is 16.3. The molecule has 2 aromatic rings. The monoisotopic (exact) mass is 643 g/mol. The maximum absolute atomic E-state index is 14.7. The predicted octanol–water partition coefficient (Wildman–Crippen LogP) is 3.94. The highest BCUT2D eigenvalue weighted by molar-refractivity contribution is 6.05. The number of fused-ring (bicyclic) bond motifs is 1. The SMILES string of the molecule is C=CCCC(=O)N[C@@H](C)[C@H](OC(=O)[C@@H]1[C@@H]2CC[C@]3(O2)[C@H](C(=O)N(CC=C)c2c(C)cccc2C)N(CCO)C(=O)[C@@H]13)c1ccccc1. The number of benzene rings is 2. The number of amides is 3. The van der Waals surface area contributed by atoms with Crippen LogP contribution in [0.5, 0.6) is 0 Å². The van der Waals surface area contributed by atoms with Crippen LogP contribution in [0.15, 0.2) is 73.8 Å². The van der Waals surface area contributed by atoms with Crippen molar-refractivity contribution in [2.24, 2.45) is 11.8 Å². The minimum Gasteiger partial charge on any atom is -0.455 e. The lowest BCUT2D eigenvalue weighted by Crippen LogP contribution is -2.57. The Morgan fingerprint density at radius 1 is 1.13 bits per heavy atom. The van der Waals surface area contributed by atoms with Gasteiger partial charge in [-0.15, -0.1) is 13.2 Å². The summed E-state index contributed by atoms with van der Waals surface area (Å²) >= 11 is 0. The summed E-state index contributed by atoms with van der Waals surface area (Å²) in [6.45, 7) is 12.9. The van der Waals surface area contributed by atoms with Crippen molar-refractivity contribution >= 4 is 29.4 Å². The molecule has 250 valence electrons. The van der Waals surface area contributed by atoms with Crippen molar-refractivity contribution in [1.29, 1.82) is 0 Å². The molecule has 3 aliphatic heterocycles. The number of likely N-dealkylation sites (tertiary alicyclic amines) is 1. The molecule has 2 aromatic carbocycles. The zero-order valence-corrected chi connectivity index (χ0v) is 27.4. The van der Waals surface area contributed by atoms with Gasteiger partial charge in [0.2, 0.25) is 11.8 Å². The van der Waals surface area contributed by atoms with E-state index in [1.165, 1.54) is 4.90 Å². The minimum atomic E-state index is -1.26. The van der Waals surface area contributed by atoms with Crippen LogP contribution in [0.25, 0.3) is 0 Å². The summed E-state index contributed by atoms with van der Waals surface area (Å²) in [6.07, 6.45) is 3.49. The minimum absolute atomic E-state index is 0.0849. The van der Waals surface area contributed by atoms with Crippen LogP contribution in [0.2, 0.25) is 0 Å². The number of aryl methyl sites for hydroxylation is 2. The van der Waals surface area contributed by atoms with Gasteiger partial charge in [0, 0.05) is 25.2 Å². The number of anilines is 1. The molecular formula is C37H45N3O7. The molecule has 3 saturated heterocycles. The highest BCUT2D eigenvalue weighted by atomic mass is 16.6. The van der Waals surface area contributed by atoms with Gasteiger partial charge >= 0.3 is 5.97 Å². The quantitative estimate of drug-likeness (QED) is 0.236. The van der Waals surface area contributed by atoms with Gasteiger partial charge in [0.15, 0.2) is 0 Å². The van der Waals surface area contributed by atoms with E-state index in [1.807, 2.05) is 62.4 Å². The van der Waals surface area contributed by atoms with Crippen LogP contribution in [0.3, 0.4) is 0 Å². The summed E-state index contributed by atoms with van der Waals surface area (Å²) in [5, 5.41) is 13.0. The summed E-state index contributed by atoms with van der Waals surface area (Å²) in [5.74, 6) is -3.50. The fraction of sp³-hybridized carbons (Fsp3) is 0.459. The van der Waals surface area contributed by atoms with Crippen LogP contribution < -0.4 is 10.2 Å². The third-order valence-corrected chi connectivity index (χ3v) is 9.72. The molecule has 1 spiro atoms. The predicted molar refractivity (Wildman–Crippen MR) is 177 cm³/mol. The van der Waals surface area contributed by atoms with E-state index in [1.54, 1.807) is 24.0 Å². The van der Waals surface area contributed by atoms with E-state index in [9.17, 15) is 24.3 Å². The topological polar surface area (TPSA) is 125 Å². The van der Waals surface area contributed by atoms with E-state index in [0.29, 0.717) is 24.8 Å². The Morgan fingerprint density at radius 3 is 2.47 bits per heavy atom.